The molecule has 0 fully saturated rings. The predicted octanol–water partition coefficient (Wildman–Crippen LogP) is 1.73. The first-order valence-electron chi connectivity index (χ1n) is 6.55. The molecule has 0 radical (unpaired) electrons. The van der Waals surface area contributed by atoms with Crippen LogP contribution in [0.5, 0.6) is 0 Å². The monoisotopic (exact) mass is 336 g/mol. The molecule has 0 unspecified atom stereocenters. The number of nitrogens with zero attached hydrogens (tertiary/aromatic N) is 1. The van der Waals surface area contributed by atoms with Crippen LogP contribution in [0, 0.1) is 0 Å². The van der Waals surface area contributed by atoms with Gasteiger partial charge in [0.15, 0.2) is 0 Å². The largest absolute Gasteiger partial charge is 0.385 e. The SMILES string of the molecule is CCN[C@H]1CN(CCCOC)S(=O)(=O)c2sc(S)cc21. The van der Waals surface area contributed by atoms with Crippen molar-refractivity contribution in [2.45, 2.75) is 27.8 Å². The Kier molecular flexibility index (Phi) is 5.49. The second-order valence-electron chi connectivity index (χ2n) is 4.65. The lowest BCUT2D eigenvalue weighted by molar-refractivity contribution is 0.185. The predicted molar refractivity (Wildman–Crippen MR) is 83.2 cm³/mol. The number of ether oxygens (including phenoxy) is 1. The lowest BCUT2D eigenvalue weighted by Crippen LogP contribution is -2.43. The van der Waals surface area contributed by atoms with Gasteiger partial charge in [0, 0.05) is 38.4 Å². The molecule has 1 aromatic rings. The molecule has 1 aliphatic heterocycles. The standard InChI is InChI=1S/C12H20N2O3S3/c1-3-13-10-8-14(5-4-6-17-2)20(15,16)12-9(10)7-11(18)19-12/h7,10,13,18H,3-6,8H2,1-2H3/t10-/m0/s1. The molecule has 1 atom stereocenters. The highest BCUT2D eigenvalue weighted by Gasteiger charge is 2.38. The van der Waals surface area contributed by atoms with Crippen molar-refractivity contribution in [1.82, 2.24) is 9.62 Å². The smallest absolute Gasteiger partial charge is 0.252 e. The zero-order chi connectivity index (χ0) is 14.8. The molecule has 8 heteroatoms. The molecule has 0 spiro atoms. The summed E-state index contributed by atoms with van der Waals surface area (Å²) in [7, 11) is -1.76. The molecule has 0 aromatic carbocycles. The normalized spacial score (nSPS) is 21.9. The molecule has 5 nitrogen and oxygen atoms in total. The van der Waals surface area contributed by atoms with Gasteiger partial charge in [-0.25, -0.2) is 8.42 Å². The first kappa shape index (κ1) is 16.3. The highest BCUT2D eigenvalue weighted by molar-refractivity contribution is 7.92. The fourth-order valence-corrected chi connectivity index (χ4v) is 6.10. The summed E-state index contributed by atoms with van der Waals surface area (Å²) < 4.78 is 32.9. The van der Waals surface area contributed by atoms with E-state index in [1.807, 2.05) is 13.0 Å². The molecule has 2 heterocycles. The van der Waals surface area contributed by atoms with E-state index in [0.717, 1.165) is 16.3 Å². The number of thiophene rings is 1. The maximum atomic E-state index is 12.6. The fourth-order valence-electron chi connectivity index (χ4n) is 2.35. The lowest BCUT2D eigenvalue weighted by Gasteiger charge is -2.32. The summed E-state index contributed by atoms with van der Waals surface area (Å²) in [6, 6.07) is 1.90. The van der Waals surface area contributed by atoms with E-state index in [9.17, 15) is 8.42 Å². The second-order valence-corrected chi connectivity index (χ2v) is 8.62. The average molecular weight is 337 g/mol. The lowest BCUT2D eigenvalue weighted by atomic mass is 10.1. The van der Waals surface area contributed by atoms with E-state index in [2.05, 4.69) is 17.9 Å². The van der Waals surface area contributed by atoms with Crippen LogP contribution in [0.4, 0.5) is 0 Å². The molecule has 0 amide bonds. The van der Waals surface area contributed by atoms with Gasteiger partial charge in [-0.3, -0.25) is 0 Å². The van der Waals surface area contributed by atoms with Crippen LogP contribution in [0.25, 0.3) is 0 Å². The number of hydrogen-bond donors (Lipinski definition) is 2. The zero-order valence-electron chi connectivity index (χ0n) is 11.6. The van der Waals surface area contributed by atoms with Crippen LogP contribution in [0.3, 0.4) is 0 Å². The molecule has 0 saturated heterocycles. The molecule has 114 valence electrons. The van der Waals surface area contributed by atoms with E-state index < -0.39 is 10.0 Å². The van der Waals surface area contributed by atoms with Crippen LogP contribution in [0.2, 0.25) is 0 Å². The maximum Gasteiger partial charge on any atom is 0.252 e. The summed E-state index contributed by atoms with van der Waals surface area (Å²) in [6.07, 6.45) is 0.697. The Morgan fingerprint density at radius 2 is 2.35 bits per heavy atom. The van der Waals surface area contributed by atoms with Crippen LogP contribution >= 0.6 is 24.0 Å². The van der Waals surface area contributed by atoms with Gasteiger partial charge in [-0.2, -0.15) is 4.31 Å². The number of hydrogen-bond acceptors (Lipinski definition) is 6. The minimum atomic E-state index is -3.39. The van der Waals surface area contributed by atoms with E-state index in [1.165, 1.54) is 11.3 Å². The van der Waals surface area contributed by atoms with Gasteiger partial charge in [0.1, 0.15) is 4.21 Å². The van der Waals surface area contributed by atoms with Gasteiger partial charge >= 0.3 is 0 Å². The van der Waals surface area contributed by atoms with Crippen molar-refractivity contribution in [3.05, 3.63) is 11.6 Å². The Hall–Kier alpha value is -0.120. The van der Waals surface area contributed by atoms with Crippen molar-refractivity contribution in [1.29, 1.82) is 0 Å². The number of rotatable bonds is 6. The summed E-state index contributed by atoms with van der Waals surface area (Å²) in [5.41, 5.74) is 0.852. The number of methoxy groups -OCH3 is 1. The van der Waals surface area contributed by atoms with Gasteiger partial charge in [0.05, 0.1) is 4.21 Å². The van der Waals surface area contributed by atoms with Crippen LogP contribution in [0.1, 0.15) is 24.9 Å². The van der Waals surface area contributed by atoms with Gasteiger partial charge in [-0.15, -0.1) is 24.0 Å². The summed E-state index contributed by atoms with van der Waals surface area (Å²) in [5, 5.41) is 3.35. The number of nitrogens with one attached hydrogen (secondary N) is 1. The molecular formula is C12H20N2O3S3. The van der Waals surface area contributed by atoms with Crippen LogP contribution < -0.4 is 5.32 Å². The Balaban J connectivity index is 2.30. The molecule has 0 saturated carbocycles. The van der Waals surface area contributed by atoms with Crippen LogP contribution in [0.15, 0.2) is 14.5 Å². The molecule has 2 rings (SSSR count). The Morgan fingerprint density at radius 3 is 3.00 bits per heavy atom. The van der Waals surface area contributed by atoms with E-state index in [4.69, 9.17) is 4.74 Å². The number of likely N-dealkylation sites (N-methyl/N-ethyl adjacent to an activating group) is 1. The Morgan fingerprint density at radius 1 is 1.60 bits per heavy atom. The van der Waals surface area contributed by atoms with Gasteiger partial charge in [0.25, 0.3) is 10.0 Å². The minimum absolute atomic E-state index is 0.0400. The summed E-state index contributed by atoms with van der Waals surface area (Å²) in [5.74, 6) is 0. The second kappa shape index (κ2) is 6.76. The highest BCUT2D eigenvalue weighted by atomic mass is 32.3. The molecule has 1 aliphatic rings. The molecule has 20 heavy (non-hydrogen) atoms. The van der Waals surface area contributed by atoms with Crippen molar-refractivity contribution in [3.8, 4) is 0 Å². The van der Waals surface area contributed by atoms with Crippen molar-refractivity contribution in [2.24, 2.45) is 0 Å². The van der Waals surface area contributed by atoms with Crippen molar-refractivity contribution in [3.63, 3.8) is 0 Å². The first-order valence-corrected chi connectivity index (χ1v) is 9.26. The molecule has 0 bridgehead atoms. The first-order chi connectivity index (χ1) is 9.50. The molecule has 1 aromatic heterocycles. The van der Waals surface area contributed by atoms with Crippen LogP contribution in [-0.4, -0.2) is 46.1 Å². The summed E-state index contributed by atoms with van der Waals surface area (Å²) in [4.78, 5) is 0. The third-order valence-electron chi connectivity index (χ3n) is 3.25. The Bertz CT molecular complexity index is 556. The van der Waals surface area contributed by atoms with E-state index in [0.29, 0.717) is 30.3 Å². The van der Waals surface area contributed by atoms with Crippen molar-refractivity contribution < 1.29 is 13.2 Å². The topological polar surface area (TPSA) is 58.6 Å². The van der Waals surface area contributed by atoms with Crippen molar-refractivity contribution >= 4 is 34.0 Å². The van der Waals surface area contributed by atoms with E-state index in [1.54, 1.807) is 11.4 Å². The zero-order valence-corrected chi connectivity index (χ0v) is 14.2. The molecule has 0 aliphatic carbocycles. The van der Waals surface area contributed by atoms with Crippen LogP contribution in [-0.2, 0) is 14.8 Å². The van der Waals surface area contributed by atoms with Gasteiger partial charge in [0.2, 0.25) is 0 Å². The quantitative estimate of drug-likeness (QED) is 0.613. The highest BCUT2D eigenvalue weighted by Crippen LogP contribution is 2.39. The van der Waals surface area contributed by atoms with Crippen molar-refractivity contribution in [2.75, 3.05) is 33.4 Å². The number of fused-ring (bicyclic) bond motifs is 1. The summed E-state index contributed by atoms with van der Waals surface area (Å²) >= 11 is 5.53. The molecule has 1 N–H and O–H groups in total. The maximum absolute atomic E-state index is 12.6. The van der Waals surface area contributed by atoms with Gasteiger partial charge in [-0.05, 0) is 19.0 Å². The third-order valence-corrected chi connectivity index (χ3v) is 7.00. The summed E-state index contributed by atoms with van der Waals surface area (Å²) in [6.45, 7) is 4.33. The average Bonchev–Trinajstić information content (AvgIpc) is 2.78. The van der Waals surface area contributed by atoms with Gasteiger partial charge < -0.3 is 10.1 Å². The van der Waals surface area contributed by atoms with E-state index in [-0.39, 0.29) is 6.04 Å². The Labute approximate surface area is 129 Å². The van der Waals surface area contributed by atoms with Gasteiger partial charge in [-0.1, -0.05) is 6.92 Å². The molecular weight excluding hydrogens is 316 g/mol. The number of thiol groups is 1. The fraction of sp³-hybridized carbons (Fsp3) is 0.667. The van der Waals surface area contributed by atoms with E-state index >= 15 is 0 Å². The third kappa shape index (κ3) is 3.20. The minimum Gasteiger partial charge on any atom is -0.385 e. The number of sulfonamides is 1.